The molecule has 5 heteroatoms. The number of rotatable bonds is 4. The number of para-hydroxylation sites is 1. The quantitative estimate of drug-likeness (QED) is 0.812. The number of anilines is 1. The first-order chi connectivity index (χ1) is 9.11. The van der Waals surface area contributed by atoms with Gasteiger partial charge < -0.3 is 11.1 Å². The van der Waals surface area contributed by atoms with E-state index in [1.807, 2.05) is 24.3 Å². The zero-order chi connectivity index (χ0) is 13.8. The molecule has 0 aliphatic heterocycles. The Bertz CT molecular complexity index is 575. The maximum absolute atomic E-state index is 13.3. The van der Waals surface area contributed by atoms with Gasteiger partial charge in [0.25, 0.3) is 0 Å². The Balaban J connectivity index is 2.25. The van der Waals surface area contributed by atoms with Crippen molar-refractivity contribution in [1.82, 2.24) is 0 Å². The minimum absolute atomic E-state index is 0.0735. The fourth-order valence-electron chi connectivity index (χ4n) is 1.77. The second kappa shape index (κ2) is 6.50. The average molecular weight is 388 g/mol. The zero-order valence-corrected chi connectivity index (χ0v) is 13.2. The van der Waals surface area contributed by atoms with Gasteiger partial charge in [-0.1, -0.05) is 18.2 Å². The van der Waals surface area contributed by atoms with E-state index in [-0.39, 0.29) is 11.9 Å². The minimum Gasteiger partial charge on any atom is -0.376 e. The Labute approximate surface area is 128 Å². The lowest BCUT2D eigenvalue weighted by Crippen LogP contribution is -2.20. The first kappa shape index (κ1) is 14.5. The van der Waals surface area contributed by atoms with Gasteiger partial charge in [-0.3, -0.25) is 0 Å². The smallest absolute Gasteiger partial charge is 0.137 e. The van der Waals surface area contributed by atoms with Crippen molar-refractivity contribution < 1.29 is 4.39 Å². The molecule has 1 unspecified atom stereocenters. The molecule has 0 aliphatic carbocycles. The summed E-state index contributed by atoms with van der Waals surface area (Å²) in [4.78, 5) is 0. The Morgan fingerprint density at radius 3 is 2.47 bits per heavy atom. The second-order valence-corrected chi connectivity index (χ2v) is 5.79. The molecular weight excluding hydrogens is 375 g/mol. The van der Waals surface area contributed by atoms with Crippen molar-refractivity contribution in [2.45, 2.75) is 6.04 Å². The summed E-state index contributed by atoms with van der Waals surface area (Å²) in [5, 5.41) is 3.34. The van der Waals surface area contributed by atoms with Crippen molar-refractivity contribution in [3.05, 3.63) is 62.8 Å². The molecule has 0 fully saturated rings. The summed E-state index contributed by atoms with van der Waals surface area (Å²) in [6.07, 6.45) is 0. The first-order valence-corrected chi connectivity index (χ1v) is 7.36. The Morgan fingerprint density at radius 2 is 1.84 bits per heavy atom. The lowest BCUT2D eigenvalue weighted by molar-refractivity contribution is 0.619. The number of halogens is 3. The predicted octanol–water partition coefficient (Wildman–Crippen LogP) is 4.46. The molecule has 0 saturated carbocycles. The van der Waals surface area contributed by atoms with Crippen LogP contribution in [0.5, 0.6) is 0 Å². The molecule has 2 rings (SSSR count). The van der Waals surface area contributed by atoms with Crippen LogP contribution in [0.3, 0.4) is 0 Å². The van der Waals surface area contributed by atoms with Gasteiger partial charge in [-0.2, -0.15) is 0 Å². The van der Waals surface area contributed by atoms with Gasteiger partial charge >= 0.3 is 0 Å². The summed E-state index contributed by atoms with van der Waals surface area (Å²) < 4.78 is 14.7. The van der Waals surface area contributed by atoms with E-state index >= 15 is 0 Å². The van der Waals surface area contributed by atoms with E-state index in [9.17, 15) is 4.39 Å². The predicted molar refractivity (Wildman–Crippen MR) is 83.7 cm³/mol. The van der Waals surface area contributed by atoms with Crippen molar-refractivity contribution in [2.75, 3.05) is 11.9 Å². The number of hydrogen-bond donors (Lipinski definition) is 2. The van der Waals surface area contributed by atoms with Crippen molar-refractivity contribution in [2.24, 2.45) is 5.73 Å². The van der Waals surface area contributed by atoms with Crippen LogP contribution >= 0.6 is 31.9 Å². The van der Waals surface area contributed by atoms with Gasteiger partial charge in [0.1, 0.15) is 5.82 Å². The highest BCUT2D eigenvalue weighted by Crippen LogP contribution is 2.27. The van der Waals surface area contributed by atoms with Gasteiger partial charge in [-0.15, -0.1) is 0 Å². The zero-order valence-electron chi connectivity index (χ0n) is 10.0. The van der Waals surface area contributed by atoms with Crippen LogP contribution in [0.25, 0.3) is 0 Å². The summed E-state index contributed by atoms with van der Waals surface area (Å²) >= 11 is 6.67. The normalized spacial score (nSPS) is 12.2. The van der Waals surface area contributed by atoms with Crippen LogP contribution in [0.4, 0.5) is 10.1 Å². The molecule has 0 spiro atoms. The van der Waals surface area contributed by atoms with E-state index in [0.717, 1.165) is 15.7 Å². The van der Waals surface area contributed by atoms with E-state index in [1.54, 1.807) is 12.1 Å². The Hall–Kier alpha value is -0.910. The first-order valence-electron chi connectivity index (χ1n) is 5.78. The maximum atomic E-state index is 13.3. The van der Waals surface area contributed by atoms with Crippen molar-refractivity contribution in [3.8, 4) is 0 Å². The van der Waals surface area contributed by atoms with Crippen LogP contribution < -0.4 is 11.1 Å². The van der Waals surface area contributed by atoms with Gasteiger partial charge in [-0.25, -0.2) is 4.39 Å². The summed E-state index contributed by atoms with van der Waals surface area (Å²) in [5.74, 6) is -0.277. The highest BCUT2D eigenvalue weighted by molar-refractivity contribution is 9.10. The van der Waals surface area contributed by atoms with Crippen LogP contribution in [0.15, 0.2) is 51.4 Å². The molecule has 2 aromatic rings. The fourth-order valence-corrected chi connectivity index (χ4v) is 2.57. The molecule has 2 nitrogen and oxygen atoms in total. The van der Waals surface area contributed by atoms with Crippen LogP contribution in [0.2, 0.25) is 0 Å². The number of nitrogens with two attached hydrogens (primary N) is 1. The Kier molecular flexibility index (Phi) is 4.96. The van der Waals surface area contributed by atoms with Gasteiger partial charge in [-0.05, 0) is 61.7 Å². The summed E-state index contributed by atoms with van der Waals surface area (Å²) in [5.41, 5.74) is 7.70. The molecule has 0 saturated heterocycles. The van der Waals surface area contributed by atoms with E-state index < -0.39 is 0 Å². The number of nitrogens with one attached hydrogen (secondary N) is 1. The molecule has 0 bridgehead atoms. The third kappa shape index (κ3) is 3.55. The van der Waals surface area contributed by atoms with Crippen molar-refractivity contribution in [1.29, 1.82) is 0 Å². The summed E-state index contributed by atoms with van der Waals surface area (Å²) in [7, 11) is 0. The van der Waals surface area contributed by atoms with Crippen LogP contribution in [0, 0.1) is 5.82 Å². The van der Waals surface area contributed by atoms with Gasteiger partial charge in [0.15, 0.2) is 0 Å². The van der Waals surface area contributed by atoms with Crippen LogP contribution in [-0.4, -0.2) is 6.54 Å². The summed E-state index contributed by atoms with van der Waals surface area (Å²) in [6, 6.07) is 12.7. The highest BCUT2D eigenvalue weighted by Gasteiger charge is 2.12. The highest BCUT2D eigenvalue weighted by atomic mass is 79.9. The molecule has 0 aliphatic rings. The van der Waals surface area contributed by atoms with Gasteiger partial charge in [0.2, 0.25) is 0 Å². The summed E-state index contributed by atoms with van der Waals surface area (Å²) in [6.45, 7) is 0.416. The standard InChI is InChI=1S/C14H13Br2FN2/c15-10-3-1-2-4-13(10)19-14(8-18)9-5-6-12(17)11(16)7-9/h1-7,14,19H,8,18H2. The maximum Gasteiger partial charge on any atom is 0.137 e. The third-order valence-electron chi connectivity index (χ3n) is 2.79. The molecule has 0 amide bonds. The molecule has 3 N–H and O–H groups in total. The Morgan fingerprint density at radius 1 is 1.11 bits per heavy atom. The van der Waals surface area contributed by atoms with E-state index in [2.05, 4.69) is 37.2 Å². The fraction of sp³-hybridized carbons (Fsp3) is 0.143. The van der Waals surface area contributed by atoms with Crippen molar-refractivity contribution in [3.63, 3.8) is 0 Å². The van der Waals surface area contributed by atoms with Gasteiger partial charge in [0, 0.05) is 16.7 Å². The lowest BCUT2D eigenvalue weighted by Gasteiger charge is -2.20. The second-order valence-electron chi connectivity index (χ2n) is 4.09. The molecule has 1 atom stereocenters. The number of benzene rings is 2. The SMILES string of the molecule is NCC(Nc1ccccc1Br)c1ccc(F)c(Br)c1. The molecule has 0 heterocycles. The third-order valence-corrected chi connectivity index (χ3v) is 4.08. The molecular formula is C14H13Br2FN2. The molecule has 0 aromatic heterocycles. The topological polar surface area (TPSA) is 38.0 Å². The van der Waals surface area contributed by atoms with Gasteiger partial charge in [0.05, 0.1) is 10.5 Å². The average Bonchev–Trinajstić information content (AvgIpc) is 2.41. The van der Waals surface area contributed by atoms with Crippen LogP contribution in [-0.2, 0) is 0 Å². The molecule has 2 aromatic carbocycles. The molecule has 0 radical (unpaired) electrons. The monoisotopic (exact) mass is 386 g/mol. The van der Waals surface area contributed by atoms with E-state index in [1.165, 1.54) is 6.07 Å². The van der Waals surface area contributed by atoms with E-state index in [0.29, 0.717) is 11.0 Å². The molecule has 100 valence electrons. The van der Waals surface area contributed by atoms with E-state index in [4.69, 9.17) is 5.73 Å². The largest absolute Gasteiger partial charge is 0.376 e. The molecule has 19 heavy (non-hydrogen) atoms. The van der Waals surface area contributed by atoms with Crippen LogP contribution in [0.1, 0.15) is 11.6 Å². The van der Waals surface area contributed by atoms with Crippen molar-refractivity contribution >= 4 is 37.5 Å². The number of hydrogen-bond acceptors (Lipinski definition) is 2. The lowest BCUT2D eigenvalue weighted by atomic mass is 10.1. The minimum atomic E-state index is -0.277.